The first kappa shape index (κ1) is 25.6. The van der Waals surface area contributed by atoms with Crippen LogP contribution in [-0.4, -0.2) is 120 Å². The summed E-state index contributed by atoms with van der Waals surface area (Å²) >= 11 is 0. The van der Waals surface area contributed by atoms with E-state index in [4.69, 9.17) is 18.9 Å². The van der Waals surface area contributed by atoms with Crippen LogP contribution >= 0.6 is 0 Å². The van der Waals surface area contributed by atoms with Gasteiger partial charge in [0, 0.05) is 12.1 Å². The van der Waals surface area contributed by atoms with Crippen LogP contribution in [-0.2, 0) is 14.2 Å². The van der Waals surface area contributed by atoms with Crippen LogP contribution in [0, 0.1) is 10.1 Å². The summed E-state index contributed by atoms with van der Waals surface area (Å²) in [5.41, 5.74) is -0.220. The number of hydrogen-bond acceptors (Lipinski definition) is 14. The van der Waals surface area contributed by atoms with Crippen LogP contribution in [0.5, 0.6) is 5.75 Å². The van der Waals surface area contributed by atoms with Crippen LogP contribution in [0.25, 0.3) is 0 Å². The average molecular weight is 479 g/mol. The van der Waals surface area contributed by atoms with Gasteiger partial charge in [-0.25, -0.2) is 0 Å². The quantitative estimate of drug-likeness (QED) is 0.105. The largest absolute Gasteiger partial charge is 0.462 e. The number of aliphatic hydroxyl groups is 8. The van der Waals surface area contributed by atoms with Crippen molar-refractivity contribution in [2.24, 2.45) is 0 Å². The van der Waals surface area contributed by atoms with Crippen LogP contribution in [0.2, 0.25) is 0 Å². The fourth-order valence-electron chi connectivity index (χ4n) is 3.38. The molecule has 1 aromatic rings. The van der Waals surface area contributed by atoms with E-state index in [9.17, 15) is 51.0 Å². The van der Waals surface area contributed by atoms with Gasteiger partial charge in [-0.1, -0.05) is 0 Å². The number of non-ortho nitro benzene ring substituents is 1. The van der Waals surface area contributed by atoms with Crippen LogP contribution < -0.4 is 4.74 Å². The number of rotatable bonds is 7. The Bertz CT molecular complexity index is 808. The SMILES string of the molecule is O=[N+]([O-])c1ccc(OC2OC(COC3(O)OC(CO)C(O)C(O)C3O)C(O)C(O)C2O)cc1. The van der Waals surface area contributed by atoms with Crippen molar-refractivity contribution in [3.05, 3.63) is 34.4 Å². The zero-order valence-electron chi connectivity index (χ0n) is 16.9. The van der Waals surface area contributed by atoms with Gasteiger partial charge in [0.1, 0.15) is 48.5 Å². The Balaban J connectivity index is 1.68. The molecule has 0 spiro atoms. The monoisotopic (exact) mass is 479 g/mol. The fraction of sp³-hybridized carbons (Fsp3) is 0.667. The minimum atomic E-state index is -2.93. The Kier molecular flexibility index (Phi) is 7.82. The molecule has 3 rings (SSSR count). The van der Waals surface area contributed by atoms with Crippen molar-refractivity contribution in [2.75, 3.05) is 13.2 Å². The fourth-order valence-corrected chi connectivity index (χ4v) is 3.38. The van der Waals surface area contributed by atoms with Gasteiger partial charge in [0.25, 0.3) is 5.69 Å². The Morgan fingerprint density at radius 3 is 2.12 bits per heavy atom. The number of nitro groups is 1. The van der Waals surface area contributed by atoms with Gasteiger partial charge in [-0.2, -0.15) is 0 Å². The summed E-state index contributed by atoms with van der Waals surface area (Å²) in [5, 5.41) is 90.5. The van der Waals surface area contributed by atoms with Gasteiger partial charge < -0.3 is 59.8 Å². The summed E-state index contributed by atoms with van der Waals surface area (Å²) in [5.74, 6) is -2.90. The molecular formula is C18H25NO14. The molecule has 10 unspecified atom stereocenters. The zero-order valence-corrected chi connectivity index (χ0v) is 16.9. The van der Waals surface area contributed by atoms with E-state index in [1.54, 1.807) is 0 Å². The second-order valence-electron chi connectivity index (χ2n) is 7.59. The molecule has 15 nitrogen and oxygen atoms in total. The maximum Gasteiger partial charge on any atom is 0.311 e. The number of ether oxygens (including phenoxy) is 4. The third kappa shape index (κ3) is 5.23. The van der Waals surface area contributed by atoms with E-state index in [0.717, 1.165) is 12.1 Å². The molecule has 2 saturated heterocycles. The molecule has 2 aliphatic rings. The molecule has 8 N–H and O–H groups in total. The molecule has 0 aliphatic carbocycles. The lowest BCUT2D eigenvalue weighted by Crippen LogP contribution is -2.67. The molecule has 0 amide bonds. The van der Waals surface area contributed by atoms with Crippen LogP contribution in [0.1, 0.15) is 0 Å². The highest BCUT2D eigenvalue weighted by atomic mass is 16.8. The Hall–Kier alpha value is -2.02. The van der Waals surface area contributed by atoms with Gasteiger partial charge in [-0.05, 0) is 12.1 Å². The van der Waals surface area contributed by atoms with Crippen LogP contribution in [0.15, 0.2) is 24.3 Å². The lowest BCUT2D eigenvalue weighted by atomic mass is 9.97. The van der Waals surface area contributed by atoms with Gasteiger partial charge in [-0.15, -0.1) is 0 Å². The molecule has 0 radical (unpaired) electrons. The summed E-state index contributed by atoms with van der Waals surface area (Å²) in [6, 6.07) is 4.69. The van der Waals surface area contributed by atoms with Gasteiger partial charge in [-0.3, -0.25) is 10.1 Å². The average Bonchev–Trinajstić information content (AvgIpc) is 2.80. The lowest BCUT2D eigenvalue weighted by Gasteiger charge is -2.46. The minimum absolute atomic E-state index is 0.0282. The van der Waals surface area contributed by atoms with Gasteiger partial charge in [0.2, 0.25) is 6.29 Å². The molecule has 10 atom stereocenters. The van der Waals surface area contributed by atoms with Crippen molar-refractivity contribution in [2.45, 2.75) is 61.1 Å². The number of aliphatic hydroxyl groups excluding tert-OH is 7. The summed E-state index contributed by atoms with van der Waals surface area (Å²) < 4.78 is 20.8. The van der Waals surface area contributed by atoms with Gasteiger partial charge >= 0.3 is 5.97 Å². The minimum Gasteiger partial charge on any atom is -0.462 e. The molecule has 15 heteroatoms. The van der Waals surface area contributed by atoms with E-state index in [1.807, 2.05) is 0 Å². The summed E-state index contributed by atoms with van der Waals surface area (Å²) in [4.78, 5) is 10.1. The maximum atomic E-state index is 10.7. The van der Waals surface area contributed by atoms with Crippen molar-refractivity contribution >= 4 is 5.69 Å². The molecule has 1 aromatic carbocycles. The maximum absolute atomic E-state index is 10.7. The predicted octanol–water partition coefficient (Wildman–Crippen LogP) is -4.08. The highest BCUT2D eigenvalue weighted by molar-refractivity contribution is 5.36. The molecule has 0 bridgehead atoms. The Morgan fingerprint density at radius 2 is 1.55 bits per heavy atom. The van der Waals surface area contributed by atoms with E-state index in [2.05, 4.69) is 0 Å². The van der Waals surface area contributed by atoms with E-state index < -0.39 is 79.2 Å². The topological polar surface area (TPSA) is 242 Å². The second-order valence-corrected chi connectivity index (χ2v) is 7.59. The third-order valence-electron chi connectivity index (χ3n) is 5.35. The highest BCUT2D eigenvalue weighted by Crippen LogP contribution is 2.31. The van der Waals surface area contributed by atoms with E-state index >= 15 is 0 Å². The Morgan fingerprint density at radius 1 is 0.939 bits per heavy atom. The van der Waals surface area contributed by atoms with Gasteiger partial charge in [0.15, 0.2) is 6.10 Å². The number of nitro benzene ring substituents is 1. The van der Waals surface area contributed by atoms with Crippen molar-refractivity contribution in [3.8, 4) is 5.75 Å². The van der Waals surface area contributed by atoms with Crippen LogP contribution in [0.4, 0.5) is 5.69 Å². The number of nitrogens with zero attached hydrogens (tertiary/aromatic N) is 1. The van der Waals surface area contributed by atoms with Crippen molar-refractivity contribution in [1.29, 1.82) is 0 Å². The zero-order chi connectivity index (χ0) is 24.5. The standard InChI is InChI=1S/C18H25NO14/c20-5-9-11(21)14(24)16(26)18(27,33-9)30-6-10-12(22)13(23)15(25)17(32-10)31-8-3-1-7(2-4-8)19(28)29/h1-4,9-17,20-27H,5-6H2. The molecule has 2 heterocycles. The van der Waals surface area contributed by atoms with E-state index in [0.29, 0.717) is 0 Å². The first-order chi connectivity index (χ1) is 15.5. The van der Waals surface area contributed by atoms with E-state index in [1.165, 1.54) is 12.1 Å². The number of benzene rings is 1. The first-order valence-corrected chi connectivity index (χ1v) is 9.78. The Labute approximate surface area is 185 Å². The molecule has 0 aromatic heterocycles. The molecule has 33 heavy (non-hydrogen) atoms. The molecule has 2 fully saturated rings. The summed E-state index contributed by atoms with van der Waals surface area (Å²) in [6.07, 6.45) is -15.8. The second kappa shape index (κ2) is 10.1. The van der Waals surface area contributed by atoms with E-state index in [-0.39, 0.29) is 11.4 Å². The van der Waals surface area contributed by atoms with Crippen molar-refractivity contribution < 1.29 is 64.7 Å². The molecule has 0 saturated carbocycles. The van der Waals surface area contributed by atoms with Crippen molar-refractivity contribution in [3.63, 3.8) is 0 Å². The third-order valence-corrected chi connectivity index (χ3v) is 5.35. The lowest BCUT2D eigenvalue weighted by molar-refractivity contribution is -0.454. The predicted molar refractivity (Wildman–Crippen MR) is 101 cm³/mol. The molecule has 186 valence electrons. The molecule has 2 aliphatic heterocycles. The van der Waals surface area contributed by atoms with Crippen molar-refractivity contribution in [1.82, 2.24) is 0 Å². The highest BCUT2D eigenvalue weighted by Gasteiger charge is 2.55. The molecular weight excluding hydrogens is 454 g/mol. The smallest absolute Gasteiger partial charge is 0.311 e. The normalized spacial score (nSPS) is 41.5. The summed E-state index contributed by atoms with van der Waals surface area (Å²) in [7, 11) is 0. The van der Waals surface area contributed by atoms with Gasteiger partial charge in [0.05, 0.1) is 18.1 Å². The summed E-state index contributed by atoms with van der Waals surface area (Å²) in [6.45, 7) is -1.62. The first-order valence-electron chi connectivity index (χ1n) is 9.78. The number of hydrogen-bond donors (Lipinski definition) is 8. The van der Waals surface area contributed by atoms with Crippen LogP contribution in [0.3, 0.4) is 0 Å².